The third-order valence-corrected chi connectivity index (χ3v) is 2.62. The van der Waals surface area contributed by atoms with Crippen molar-refractivity contribution in [3.8, 4) is 12.3 Å². The topological polar surface area (TPSA) is 15.3 Å². The van der Waals surface area contributed by atoms with Crippen molar-refractivity contribution in [2.75, 3.05) is 25.0 Å². The van der Waals surface area contributed by atoms with E-state index in [1.807, 2.05) is 6.07 Å². The Labute approximate surface area is 98.7 Å². The summed E-state index contributed by atoms with van der Waals surface area (Å²) < 4.78 is 0. The van der Waals surface area contributed by atoms with Crippen molar-refractivity contribution in [2.24, 2.45) is 0 Å². The molecule has 0 amide bonds. The lowest BCUT2D eigenvalue weighted by Crippen LogP contribution is -2.22. The first kappa shape index (κ1) is 12.6. The van der Waals surface area contributed by atoms with E-state index in [1.165, 1.54) is 5.56 Å². The maximum atomic E-state index is 5.22. The number of nitrogens with one attached hydrogen (secondary N) is 1. The van der Waals surface area contributed by atoms with E-state index in [-0.39, 0.29) is 0 Å². The van der Waals surface area contributed by atoms with Gasteiger partial charge in [-0.3, -0.25) is 4.90 Å². The quantitative estimate of drug-likeness (QED) is 0.735. The van der Waals surface area contributed by atoms with Gasteiger partial charge in [0, 0.05) is 12.2 Å². The minimum Gasteiger partial charge on any atom is -0.374 e. The smallest absolute Gasteiger partial charge is 0.0763 e. The zero-order chi connectivity index (χ0) is 11.8. The average Bonchev–Trinajstić information content (AvgIpc) is 2.34. The van der Waals surface area contributed by atoms with Crippen molar-refractivity contribution >= 4 is 5.69 Å². The van der Waals surface area contributed by atoms with Gasteiger partial charge >= 0.3 is 0 Å². The lowest BCUT2D eigenvalue weighted by Gasteiger charge is -2.18. The monoisotopic (exact) mass is 216 g/mol. The summed E-state index contributed by atoms with van der Waals surface area (Å²) in [5.74, 6) is 2.58. The molecule has 0 bridgehead atoms. The fourth-order valence-electron chi connectivity index (χ4n) is 1.64. The highest BCUT2D eigenvalue weighted by Crippen LogP contribution is 2.12. The highest BCUT2D eigenvalue weighted by atomic mass is 15.1. The van der Waals surface area contributed by atoms with Crippen LogP contribution in [0.1, 0.15) is 19.4 Å². The highest BCUT2D eigenvalue weighted by molar-refractivity contribution is 5.46. The Hall–Kier alpha value is -1.46. The predicted octanol–water partition coefficient (Wildman–Crippen LogP) is 2.57. The maximum absolute atomic E-state index is 5.22. The molecule has 0 spiro atoms. The van der Waals surface area contributed by atoms with Crippen molar-refractivity contribution < 1.29 is 0 Å². The summed E-state index contributed by atoms with van der Waals surface area (Å²) in [6.07, 6.45) is 5.22. The molecular weight excluding hydrogens is 196 g/mol. The number of rotatable bonds is 6. The second-order valence-electron chi connectivity index (χ2n) is 3.72. The van der Waals surface area contributed by atoms with E-state index < -0.39 is 0 Å². The van der Waals surface area contributed by atoms with Crippen LogP contribution < -0.4 is 5.32 Å². The van der Waals surface area contributed by atoms with Crippen LogP contribution >= 0.6 is 0 Å². The van der Waals surface area contributed by atoms with Crippen LogP contribution in [0.15, 0.2) is 24.3 Å². The molecule has 86 valence electrons. The Bertz CT molecular complexity index is 348. The molecule has 0 aromatic heterocycles. The van der Waals surface area contributed by atoms with Crippen LogP contribution in [0, 0.1) is 12.3 Å². The number of anilines is 1. The highest BCUT2D eigenvalue weighted by Gasteiger charge is 2.01. The molecule has 0 fully saturated rings. The van der Waals surface area contributed by atoms with Gasteiger partial charge in [-0.2, -0.15) is 0 Å². The molecule has 1 aromatic rings. The fraction of sp³-hybridized carbons (Fsp3) is 0.429. The molecule has 0 aliphatic carbocycles. The van der Waals surface area contributed by atoms with Gasteiger partial charge in [0.15, 0.2) is 0 Å². The van der Waals surface area contributed by atoms with Crippen molar-refractivity contribution in [1.29, 1.82) is 0 Å². The first-order valence-corrected chi connectivity index (χ1v) is 5.78. The summed E-state index contributed by atoms with van der Waals surface area (Å²) in [5, 5.41) is 3.19. The van der Waals surface area contributed by atoms with Gasteiger partial charge in [-0.1, -0.05) is 31.9 Å². The molecule has 0 saturated carbocycles. The van der Waals surface area contributed by atoms with Crippen LogP contribution in [0.25, 0.3) is 0 Å². The van der Waals surface area contributed by atoms with Crippen LogP contribution in [0.2, 0.25) is 0 Å². The minimum absolute atomic E-state index is 0.578. The van der Waals surface area contributed by atoms with Crippen LogP contribution in [0.3, 0.4) is 0 Å². The van der Waals surface area contributed by atoms with Crippen molar-refractivity contribution in [2.45, 2.75) is 20.4 Å². The first-order valence-electron chi connectivity index (χ1n) is 5.78. The van der Waals surface area contributed by atoms with Gasteiger partial charge in [0.25, 0.3) is 0 Å². The van der Waals surface area contributed by atoms with E-state index in [1.54, 1.807) is 0 Å². The minimum atomic E-state index is 0.578. The van der Waals surface area contributed by atoms with Crippen LogP contribution in [-0.4, -0.2) is 24.5 Å². The van der Waals surface area contributed by atoms with E-state index in [2.05, 4.69) is 48.2 Å². The second kappa shape index (κ2) is 6.92. The lowest BCUT2D eigenvalue weighted by atomic mass is 10.2. The van der Waals surface area contributed by atoms with Gasteiger partial charge in [0.1, 0.15) is 0 Å². The Morgan fingerprint density at radius 3 is 2.69 bits per heavy atom. The maximum Gasteiger partial charge on any atom is 0.0763 e. The molecule has 0 heterocycles. The molecule has 1 N–H and O–H groups in total. The molecule has 2 heteroatoms. The van der Waals surface area contributed by atoms with Gasteiger partial charge in [-0.25, -0.2) is 0 Å². The molecule has 0 unspecified atom stereocenters. The van der Waals surface area contributed by atoms with Gasteiger partial charge in [0.05, 0.1) is 6.54 Å². The summed E-state index contributed by atoms with van der Waals surface area (Å²) in [4.78, 5) is 2.39. The van der Waals surface area contributed by atoms with Crippen LogP contribution in [0.5, 0.6) is 0 Å². The predicted molar refractivity (Wildman–Crippen MR) is 70.4 cm³/mol. The number of terminal acetylenes is 1. The summed E-state index contributed by atoms with van der Waals surface area (Å²) in [6.45, 7) is 8.11. The van der Waals surface area contributed by atoms with Gasteiger partial charge in [-0.15, -0.1) is 6.42 Å². The molecular formula is C14H20N2. The molecule has 0 saturated heterocycles. The second-order valence-corrected chi connectivity index (χ2v) is 3.72. The largest absolute Gasteiger partial charge is 0.374 e. The van der Waals surface area contributed by atoms with Crippen LogP contribution in [0.4, 0.5) is 5.69 Å². The van der Waals surface area contributed by atoms with E-state index in [0.717, 1.165) is 25.3 Å². The van der Waals surface area contributed by atoms with Gasteiger partial charge in [-0.05, 0) is 30.8 Å². The zero-order valence-electron chi connectivity index (χ0n) is 10.2. The standard InChI is InChI=1S/C14H20N2/c1-4-10-15-14-9-7-8-13(11-14)12-16(5-2)6-3/h1,7-9,11,15H,5-6,10,12H2,2-3H3. The lowest BCUT2D eigenvalue weighted by molar-refractivity contribution is 0.296. The van der Waals surface area contributed by atoms with E-state index >= 15 is 0 Å². The van der Waals surface area contributed by atoms with Gasteiger partial charge in [0.2, 0.25) is 0 Å². The summed E-state index contributed by atoms with van der Waals surface area (Å²) >= 11 is 0. The van der Waals surface area contributed by atoms with E-state index in [4.69, 9.17) is 6.42 Å². The Balaban J connectivity index is 2.63. The molecule has 2 nitrogen and oxygen atoms in total. The summed E-state index contributed by atoms with van der Waals surface area (Å²) in [7, 11) is 0. The van der Waals surface area contributed by atoms with E-state index in [0.29, 0.717) is 6.54 Å². The number of hydrogen-bond acceptors (Lipinski definition) is 2. The first-order chi connectivity index (χ1) is 7.80. The van der Waals surface area contributed by atoms with Crippen molar-refractivity contribution in [3.05, 3.63) is 29.8 Å². The average molecular weight is 216 g/mol. The zero-order valence-corrected chi connectivity index (χ0v) is 10.2. The van der Waals surface area contributed by atoms with Crippen molar-refractivity contribution in [3.63, 3.8) is 0 Å². The van der Waals surface area contributed by atoms with Gasteiger partial charge < -0.3 is 5.32 Å². The molecule has 0 radical (unpaired) electrons. The molecule has 0 aliphatic heterocycles. The third-order valence-electron chi connectivity index (χ3n) is 2.62. The molecule has 1 aromatic carbocycles. The summed E-state index contributed by atoms with van der Waals surface area (Å²) in [5.41, 5.74) is 2.42. The third kappa shape index (κ3) is 3.96. The molecule has 1 rings (SSSR count). The van der Waals surface area contributed by atoms with Crippen LogP contribution in [-0.2, 0) is 6.54 Å². The number of nitrogens with zero attached hydrogens (tertiary/aromatic N) is 1. The normalized spacial score (nSPS) is 10.1. The molecule has 0 atom stereocenters. The Morgan fingerprint density at radius 1 is 1.31 bits per heavy atom. The number of hydrogen-bond donors (Lipinski definition) is 1. The fourth-order valence-corrected chi connectivity index (χ4v) is 1.64. The number of benzene rings is 1. The SMILES string of the molecule is C#CCNc1cccc(CN(CC)CC)c1. The van der Waals surface area contributed by atoms with E-state index in [9.17, 15) is 0 Å². The summed E-state index contributed by atoms with van der Waals surface area (Å²) in [6, 6.07) is 8.43. The van der Waals surface area contributed by atoms with Crippen molar-refractivity contribution in [1.82, 2.24) is 4.90 Å². The molecule has 0 aliphatic rings. The Morgan fingerprint density at radius 2 is 2.06 bits per heavy atom. The Kier molecular flexibility index (Phi) is 5.45. The molecule has 16 heavy (non-hydrogen) atoms.